The summed E-state index contributed by atoms with van der Waals surface area (Å²) in [7, 11) is 0. The minimum absolute atomic E-state index is 0.0619. The van der Waals surface area contributed by atoms with Crippen molar-refractivity contribution in [1.82, 2.24) is 10.2 Å². The van der Waals surface area contributed by atoms with E-state index in [2.05, 4.69) is 5.32 Å². The molecule has 1 atom stereocenters. The van der Waals surface area contributed by atoms with Crippen LogP contribution in [0, 0.1) is 0 Å². The number of hydrogen-bond acceptors (Lipinski definition) is 2. The first kappa shape index (κ1) is 15.3. The smallest absolute Gasteiger partial charge is 0.339 e. The average Bonchev–Trinajstić information content (AvgIpc) is 2.73. The van der Waals surface area contributed by atoms with Crippen LogP contribution in [-0.2, 0) is 4.79 Å². The molecule has 1 N–H and O–H groups in total. The lowest BCUT2D eigenvalue weighted by Crippen LogP contribution is -2.45. The van der Waals surface area contributed by atoms with Crippen molar-refractivity contribution in [2.45, 2.75) is 57.8 Å². The maximum atomic E-state index is 12.1. The van der Waals surface area contributed by atoms with Gasteiger partial charge in [0, 0.05) is 25.0 Å². The van der Waals surface area contributed by atoms with Gasteiger partial charge in [0.05, 0.1) is 6.42 Å². The fourth-order valence-electron chi connectivity index (χ4n) is 2.14. The van der Waals surface area contributed by atoms with E-state index in [-0.39, 0.29) is 12.1 Å². The zero-order valence-electron chi connectivity index (χ0n) is 10.9. The van der Waals surface area contributed by atoms with E-state index in [0.29, 0.717) is 6.54 Å². The monoisotopic (exact) mass is 266 g/mol. The van der Waals surface area contributed by atoms with E-state index in [9.17, 15) is 18.0 Å². The number of alkyl halides is 3. The van der Waals surface area contributed by atoms with Gasteiger partial charge in [0.25, 0.3) is 0 Å². The van der Waals surface area contributed by atoms with Crippen LogP contribution >= 0.6 is 0 Å². The number of nitrogens with one attached hydrogen (secondary N) is 1. The summed E-state index contributed by atoms with van der Waals surface area (Å²) in [6.07, 6.45) is -3.70. The molecular formula is C12H21F3N2O. The van der Waals surface area contributed by atoms with Gasteiger partial charge in [-0.05, 0) is 33.2 Å². The molecule has 0 spiro atoms. The van der Waals surface area contributed by atoms with Gasteiger partial charge in [0.15, 0.2) is 0 Å². The molecule has 0 aromatic carbocycles. The summed E-state index contributed by atoms with van der Waals surface area (Å²) in [6.45, 7) is 5.10. The van der Waals surface area contributed by atoms with E-state index >= 15 is 0 Å². The minimum Gasteiger partial charge on any atom is -0.339 e. The van der Waals surface area contributed by atoms with Crippen molar-refractivity contribution < 1.29 is 18.0 Å². The number of carbonyl (C=O) groups is 1. The van der Waals surface area contributed by atoms with Crippen LogP contribution in [0.1, 0.15) is 39.5 Å². The third kappa shape index (κ3) is 5.25. The summed E-state index contributed by atoms with van der Waals surface area (Å²) in [4.78, 5) is 13.4. The van der Waals surface area contributed by atoms with E-state index in [1.165, 1.54) is 0 Å². The zero-order valence-corrected chi connectivity index (χ0v) is 10.9. The van der Waals surface area contributed by atoms with Gasteiger partial charge in [-0.1, -0.05) is 0 Å². The van der Waals surface area contributed by atoms with Crippen molar-refractivity contribution in [2.75, 3.05) is 13.1 Å². The molecule has 1 fully saturated rings. The van der Waals surface area contributed by atoms with Crippen LogP contribution in [-0.4, -0.2) is 42.2 Å². The van der Waals surface area contributed by atoms with Gasteiger partial charge in [-0.25, -0.2) is 0 Å². The van der Waals surface area contributed by atoms with Crippen molar-refractivity contribution in [3.63, 3.8) is 0 Å². The molecule has 6 heteroatoms. The topological polar surface area (TPSA) is 32.3 Å². The Kier molecular flexibility index (Phi) is 5.44. The molecule has 106 valence electrons. The molecule has 0 aromatic rings. The van der Waals surface area contributed by atoms with Crippen LogP contribution in [0.15, 0.2) is 0 Å². The molecule has 0 aliphatic carbocycles. The molecule has 0 aromatic heterocycles. The minimum atomic E-state index is -4.26. The predicted octanol–water partition coefficient (Wildman–Crippen LogP) is 2.32. The number of rotatable bonds is 5. The second-order valence-corrected chi connectivity index (χ2v) is 5.05. The van der Waals surface area contributed by atoms with Crippen LogP contribution in [0.25, 0.3) is 0 Å². The molecule has 1 amide bonds. The lowest BCUT2D eigenvalue weighted by molar-refractivity contribution is -0.150. The average molecular weight is 266 g/mol. The van der Waals surface area contributed by atoms with Crippen LogP contribution < -0.4 is 5.32 Å². The van der Waals surface area contributed by atoms with Gasteiger partial charge in [0.2, 0.25) is 5.91 Å². The summed E-state index contributed by atoms with van der Waals surface area (Å²) in [5.74, 6) is -0.406. The van der Waals surface area contributed by atoms with Crippen LogP contribution in [0.5, 0.6) is 0 Å². The summed E-state index contributed by atoms with van der Waals surface area (Å²) in [5, 5.41) is 3.25. The Balaban J connectivity index is 2.47. The van der Waals surface area contributed by atoms with Gasteiger partial charge in [0.1, 0.15) is 0 Å². The number of halogens is 3. The van der Waals surface area contributed by atoms with Gasteiger partial charge >= 0.3 is 6.18 Å². The van der Waals surface area contributed by atoms with E-state index in [0.717, 1.165) is 19.4 Å². The Morgan fingerprint density at radius 3 is 2.56 bits per heavy atom. The largest absolute Gasteiger partial charge is 0.389 e. The molecule has 1 aliphatic heterocycles. The normalized spacial score (nSPS) is 20.4. The molecule has 1 unspecified atom stereocenters. The summed E-state index contributed by atoms with van der Waals surface area (Å²) < 4.78 is 36.3. The van der Waals surface area contributed by atoms with E-state index in [4.69, 9.17) is 0 Å². The highest BCUT2D eigenvalue weighted by Crippen LogP contribution is 2.22. The molecule has 1 heterocycles. The van der Waals surface area contributed by atoms with Crippen molar-refractivity contribution in [2.24, 2.45) is 0 Å². The lowest BCUT2D eigenvalue weighted by Gasteiger charge is -2.29. The van der Waals surface area contributed by atoms with E-state index in [1.54, 1.807) is 4.90 Å². The standard InChI is InChI=1S/C12H21F3N2O/c1-9(2)17(8-10-4-3-7-16-10)11(18)5-6-12(13,14)15/h9-10,16H,3-8H2,1-2H3. The highest BCUT2D eigenvalue weighted by molar-refractivity contribution is 5.76. The van der Waals surface area contributed by atoms with Gasteiger partial charge in [-0.15, -0.1) is 0 Å². The summed E-state index contributed by atoms with van der Waals surface area (Å²) in [5.41, 5.74) is 0. The van der Waals surface area contributed by atoms with E-state index < -0.39 is 24.9 Å². The van der Waals surface area contributed by atoms with Crippen molar-refractivity contribution in [3.8, 4) is 0 Å². The number of carbonyl (C=O) groups excluding carboxylic acids is 1. The van der Waals surface area contributed by atoms with Crippen LogP contribution in [0.2, 0.25) is 0 Å². The third-order valence-electron chi connectivity index (χ3n) is 3.15. The SMILES string of the molecule is CC(C)N(CC1CCCN1)C(=O)CCC(F)(F)F. The molecule has 1 aliphatic rings. The summed E-state index contributed by atoms with van der Waals surface area (Å²) in [6, 6.07) is 0.162. The Bertz CT molecular complexity index is 273. The molecule has 1 rings (SSSR count). The fraction of sp³-hybridized carbons (Fsp3) is 0.917. The quantitative estimate of drug-likeness (QED) is 0.828. The number of nitrogens with zero attached hydrogens (tertiary/aromatic N) is 1. The Morgan fingerprint density at radius 2 is 2.11 bits per heavy atom. The highest BCUT2D eigenvalue weighted by Gasteiger charge is 2.30. The maximum absolute atomic E-state index is 12.1. The Morgan fingerprint density at radius 1 is 1.44 bits per heavy atom. The third-order valence-corrected chi connectivity index (χ3v) is 3.15. The predicted molar refractivity (Wildman–Crippen MR) is 63.2 cm³/mol. The molecule has 0 bridgehead atoms. The number of amides is 1. The van der Waals surface area contributed by atoms with Gasteiger partial charge in [-0.3, -0.25) is 4.79 Å². The molecule has 18 heavy (non-hydrogen) atoms. The first-order valence-electron chi connectivity index (χ1n) is 6.39. The zero-order chi connectivity index (χ0) is 13.8. The molecule has 0 saturated carbocycles. The molecule has 3 nitrogen and oxygen atoms in total. The first-order chi connectivity index (χ1) is 8.29. The second kappa shape index (κ2) is 6.41. The van der Waals surface area contributed by atoms with Gasteiger partial charge in [-0.2, -0.15) is 13.2 Å². The van der Waals surface area contributed by atoms with Crippen LogP contribution in [0.4, 0.5) is 13.2 Å². The number of hydrogen-bond donors (Lipinski definition) is 1. The first-order valence-corrected chi connectivity index (χ1v) is 6.39. The van der Waals surface area contributed by atoms with Crippen LogP contribution in [0.3, 0.4) is 0 Å². The van der Waals surface area contributed by atoms with Crippen molar-refractivity contribution in [1.29, 1.82) is 0 Å². The van der Waals surface area contributed by atoms with Gasteiger partial charge < -0.3 is 10.2 Å². The summed E-state index contributed by atoms with van der Waals surface area (Å²) >= 11 is 0. The molecular weight excluding hydrogens is 245 g/mol. The highest BCUT2D eigenvalue weighted by atomic mass is 19.4. The van der Waals surface area contributed by atoms with Crippen molar-refractivity contribution in [3.05, 3.63) is 0 Å². The Labute approximate surface area is 106 Å². The van der Waals surface area contributed by atoms with Crippen molar-refractivity contribution >= 4 is 5.91 Å². The fourth-order valence-corrected chi connectivity index (χ4v) is 2.14. The van der Waals surface area contributed by atoms with E-state index in [1.807, 2.05) is 13.8 Å². The second-order valence-electron chi connectivity index (χ2n) is 5.05. The Hall–Kier alpha value is -0.780. The maximum Gasteiger partial charge on any atom is 0.389 e. The molecule has 1 saturated heterocycles. The molecule has 0 radical (unpaired) electrons. The lowest BCUT2D eigenvalue weighted by atomic mass is 10.1.